The van der Waals surface area contributed by atoms with Gasteiger partial charge in [-0.25, -0.2) is 24.1 Å². The minimum absolute atomic E-state index is 0.409. The third-order valence-electron chi connectivity index (χ3n) is 3.12. The maximum atomic E-state index is 12.1. The van der Waals surface area contributed by atoms with Crippen LogP contribution in [0.25, 0.3) is 11.2 Å². The zero-order chi connectivity index (χ0) is 14.7. The molecule has 1 amide bonds. The van der Waals surface area contributed by atoms with Crippen LogP contribution < -0.4 is 11.0 Å². The first-order chi connectivity index (χ1) is 9.60. The van der Waals surface area contributed by atoms with Crippen molar-refractivity contribution in [2.45, 2.75) is 33.1 Å². The molecule has 0 atom stereocenters. The number of nitrogens with zero attached hydrogens (tertiary/aromatic N) is 4. The molecule has 0 aliphatic heterocycles. The van der Waals surface area contributed by atoms with Crippen LogP contribution in [-0.4, -0.2) is 31.7 Å². The predicted octanol–water partition coefficient (Wildman–Crippen LogP) is 1.05. The molecule has 0 aliphatic carbocycles. The lowest BCUT2D eigenvalue weighted by Gasteiger charge is -2.02. The molecule has 2 rings (SSSR count). The number of hydrogen-bond acceptors (Lipinski definition) is 4. The Morgan fingerprint density at radius 3 is 2.80 bits per heavy atom. The summed E-state index contributed by atoms with van der Waals surface area (Å²) in [7, 11) is 1.61. The highest BCUT2D eigenvalue weighted by atomic mass is 16.2. The summed E-state index contributed by atoms with van der Waals surface area (Å²) in [4.78, 5) is 32.7. The summed E-state index contributed by atoms with van der Waals surface area (Å²) in [6.07, 6.45) is 4.37. The van der Waals surface area contributed by atoms with Crippen LogP contribution in [0.5, 0.6) is 0 Å². The number of carbonyl (C=O) groups excluding carboxylic acids is 1. The van der Waals surface area contributed by atoms with Gasteiger partial charge in [0.1, 0.15) is 11.3 Å². The molecular formula is C13H19N5O2. The number of imidazole rings is 1. The minimum Gasteiger partial charge on any atom is -0.338 e. The topological polar surface area (TPSA) is 81.8 Å². The molecule has 2 aromatic rings. The van der Waals surface area contributed by atoms with E-state index in [-0.39, 0.29) is 0 Å². The van der Waals surface area contributed by atoms with Crippen molar-refractivity contribution in [2.24, 2.45) is 7.05 Å². The van der Waals surface area contributed by atoms with Gasteiger partial charge in [-0.05, 0) is 13.3 Å². The average molecular weight is 277 g/mol. The second-order valence-electron chi connectivity index (χ2n) is 4.61. The Morgan fingerprint density at radius 2 is 2.15 bits per heavy atom. The predicted molar refractivity (Wildman–Crippen MR) is 75.9 cm³/mol. The van der Waals surface area contributed by atoms with E-state index in [4.69, 9.17) is 0 Å². The minimum atomic E-state index is -0.451. The van der Waals surface area contributed by atoms with Crippen LogP contribution >= 0.6 is 0 Å². The van der Waals surface area contributed by atoms with Gasteiger partial charge in [0, 0.05) is 20.0 Å². The van der Waals surface area contributed by atoms with Crippen molar-refractivity contribution in [1.82, 2.24) is 24.4 Å². The zero-order valence-corrected chi connectivity index (χ0v) is 12.0. The second kappa shape index (κ2) is 5.85. The second-order valence-corrected chi connectivity index (χ2v) is 4.61. The van der Waals surface area contributed by atoms with Gasteiger partial charge in [-0.2, -0.15) is 0 Å². The summed E-state index contributed by atoms with van der Waals surface area (Å²) in [5.41, 5.74) is 0.513. The van der Waals surface area contributed by atoms with Crippen LogP contribution in [0.1, 0.15) is 32.5 Å². The van der Waals surface area contributed by atoms with Gasteiger partial charge in [0.05, 0.1) is 6.20 Å². The Morgan fingerprint density at radius 1 is 1.40 bits per heavy atom. The Bertz CT molecular complexity index is 686. The van der Waals surface area contributed by atoms with Crippen molar-refractivity contribution in [3.8, 4) is 0 Å². The van der Waals surface area contributed by atoms with E-state index in [1.165, 1.54) is 4.57 Å². The first-order valence-electron chi connectivity index (χ1n) is 6.81. The van der Waals surface area contributed by atoms with Crippen LogP contribution in [0, 0.1) is 0 Å². The number of fused-ring (bicyclic) bond motifs is 1. The van der Waals surface area contributed by atoms with Gasteiger partial charge in [-0.15, -0.1) is 0 Å². The quantitative estimate of drug-likeness (QED) is 0.905. The number of amides is 1. The van der Waals surface area contributed by atoms with E-state index < -0.39 is 11.7 Å². The van der Waals surface area contributed by atoms with Crippen molar-refractivity contribution >= 4 is 17.2 Å². The molecule has 108 valence electrons. The highest BCUT2D eigenvalue weighted by Crippen LogP contribution is 2.10. The summed E-state index contributed by atoms with van der Waals surface area (Å²) < 4.78 is 2.45. The SMILES string of the molecule is CCCCc1ncc2c(n1)n(C)c(=O)n2C(=O)NCC. The van der Waals surface area contributed by atoms with E-state index in [0.717, 1.165) is 23.8 Å². The van der Waals surface area contributed by atoms with Gasteiger partial charge in [0.2, 0.25) is 0 Å². The summed E-state index contributed by atoms with van der Waals surface area (Å²) >= 11 is 0. The number of aromatic nitrogens is 4. The van der Waals surface area contributed by atoms with Crippen LogP contribution in [0.3, 0.4) is 0 Å². The molecule has 0 saturated heterocycles. The fourth-order valence-corrected chi connectivity index (χ4v) is 2.03. The van der Waals surface area contributed by atoms with Crippen LogP contribution in [0.4, 0.5) is 4.79 Å². The number of nitrogens with one attached hydrogen (secondary N) is 1. The molecule has 2 heterocycles. The largest absolute Gasteiger partial charge is 0.338 e. The Kier molecular flexibility index (Phi) is 4.16. The summed E-state index contributed by atoms with van der Waals surface area (Å²) in [5.74, 6) is 0.697. The Labute approximate surface area is 116 Å². The summed E-state index contributed by atoms with van der Waals surface area (Å²) in [6.45, 7) is 4.35. The smallest absolute Gasteiger partial charge is 0.338 e. The van der Waals surface area contributed by atoms with Gasteiger partial charge < -0.3 is 5.32 Å². The molecule has 2 aromatic heterocycles. The lowest BCUT2D eigenvalue weighted by molar-refractivity contribution is 0.243. The maximum Gasteiger partial charge on any atom is 0.338 e. The highest BCUT2D eigenvalue weighted by molar-refractivity contribution is 5.87. The number of carbonyl (C=O) groups is 1. The highest BCUT2D eigenvalue weighted by Gasteiger charge is 2.17. The van der Waals surface area contributed by atoms with Crippen molar-refractivity contribution < 1.29 is 4.79 Å². The maximum absolute atomic E-state index is 12.1. The van der Waals surface area contributed by atoms with Gasteiger partial charge >= 0.3 is 11.7 Å². The zero-order valence-electron chi connectivity index (χ0n) is 12.0. The molecule has 0 saturated carbocycles. The molecule has 0 unspecified atom stereocenters. The van der Waals surface area contributed by atoms with E-state index in [1.54, 1.807) is 20.2 Å². The van der Waals surface area contributed by atoms with Gasteiger partial charge in [0.25, 0.3) is 0 Å². The monoisotopic (exact) mass is 277 g/mol. The van der Waals surface area contributed by atoms with E-state index in [9.17, 15) is 9.59 Å². The molecule has 7 nitrogen and oxygen atoms in total. The summed E-state index contributed by atoms with van der Waals surface area (Å²) in [5, 5.41) is 2.61. The van der Waals surface area contributed by atoms with Crippen molar-refractivity contribution in [2.75, 3.05) is 6.54 Å². The Balaban J connectivity index is 2.53. The van der Waals surface area contributed by atoms with Crippen molar-refractivity contribution in [3.05, 3.63) is 22.5 Å². The van der Waals surface area contributed by atoms with Gasteiger partial charge in [-0.1, -0.05) is 13.3 Å². The molecule has 0 bridgehead atoms. The van der Waals surface area contributed by atoms with Crippen LogP contribution in [0.2, 0.25) is 0 Å². The number of rotatable bonds is 4. The summed E-state index contributed by atoms with van der Waals surface area (Å²) in [6, 6.07) is -0.451. The Hall–Kier alpha value is -2.18. The van der Waals surface area contributed by atoms with E-state index in [0.29, 0.717) is 23.5 Å². The number of unbranched alkanes of at least 4 members (excludes halogenated alkanes) is 1. The van der Waals surface area contributed by atoms with E-state index in [2.05, 4.69) is 22.2 Å². The molecule has 0 radical (unpaired) electrons. The average Bonchev–Trinajstić information content (AvgIpc) is 2.69. The normalized spacial score (nSPS) is 10.9. The molecule has 0 aliphatic rings. The molecule has 0 fully saturated rings. The van der Waals surface area contributed by atoms with Crippen molar-refractivity contribution in [3.63, 3.8) is 0 Å². The van der Waals surface area contributed by atoms with Gasteiger partial charge in [-0.3, -0.25) is 4.57 Å². The molecular weight excluding hydrogens is 258 g/mol. The molecule has 0 aromatic carbocycles. The molecule has 7 heteroatoms. The lowest BCUT2D eigenvalue weighted by atomic mass is 10.2. The first-order valence-corrected chi connectivity index (χ1v) is 6.81. The van der Waals surface area contributed by atoms with E-state index in [1.807, 2.05) is 0 Å². The first kappa shape index (κ1) is 14.2. The number of aryl methyl sites for hydroxylation is 2. The lowest BCUT2D eigenvalue weighted by Crippen LogP contribution is -2.36. The third kappa shape index (κ3) is 2.43. The van der Waals surface area contributed by atoms with Crippen molar-refractivity contribution in [1.29, 1.82) is 0 Å². The fourth-order valence-electron chi connectivity index (χ4n) is 2.03. The van der Waals surface area contributed by atoms with Gasteiger partial charge in [0.15, 0.2) is 5.65 Å². The third-order valence-corrected chi connectivity index (χ3v) is 3.12. The number of hydrogen-bond donors (Lipinski definition) is 1. The van der Waals surface area contributed by atoms with Crippen LogP contribution in [0.15, 0.2) is 11.0 Å². The van der Waals surface area contributed by atoms with Crippen LogP contribution in [-0.2, 0) is 13.5 Å². The fraction of sp³-hybridized carbons (Fsp3) is 0.538. The standard InChI is InChI=1S/C13H19N5O2/c1-4-6-7-10-15-8-9-11(16-10)17(3)13(20)18(9)12(19)14-5-2/h8H,4-7H2,1-3H3,(H,14,19). The molecule has 1 N–H and O–H groups in total. The molecule has 0 spiro atoms. The van der Waals surface area contributed by atoms with E-state index >= 15 is 0 Å². The molecule has 20 heavy (non-hydrogen) atoms.